The molecule has 5 heteroatoms. The van der Waals surface area contributed by atoms with Crippen molar-refractivity contribution in [2.45, 2.75) is 19.5 Å². The Morgan fingerprint density at radius 3 is 2.85 bits per heavy atom. The number of rotatable bonds is 6. The fourth-order valence-corrected chi connectivity index (χ4v) is 2.73. The van der Waals surface area contributed by atoms with Crippen LogP contribution < -0.4 is 10.2 Å². The summed E-state index contributed by atoms with van der Waals surface area (Å²) < 4.78 is 11.7. The first-order valence-electron chi connectivity index (χ1n) is 7.04. The highest BCUT2D eigenvalue weighted by Gasteiger charge is 2.15. The number of benzene rings is 1. The molecule has 1 fully saturated rings. The Labute approximate surface area is 129 Å². The van der Waals surface area contributed by atoms with E-state index >= 15 is 0 Å². The first-order valence-corrected chi connectivity index (χ1v) is 7.83. The topological polar surface area (TPSA) is 33.7 Å². The van der Waals surface area contributed by atoms with Gasteiger partial charge >= 0.3 is 0 Å². The maximum Gasteiger partial charge on any atom is 0.0642 e. The van der Waals surface area contributed by atoms with Crippen LogP contribution in [0.3, 0.4) is 0 Å². The van der Waals surface area contributed by atoms with Gasteiger partial charge in [-0.25, -0.2) is 0 Å². The number of morpholine rings is 1. The van der Waals surface area contributed by atoms with Crippen LogP contribution in [0.25, 0.3) is 0 Å². The minimum Gasteiger partial charge on any atom is -0.383 e. The van der Waals surface area contributed by atoms with Gasteiger partial charge in [0.25, 0.3) is 0 Å². The molecule has 1 aromatic carbocycles. The Morgan fingerprint density at radius 2 is 2.15 bits per heavy atom. The van der Waals surface area contributed by atoms with Gasteiger partial charge in [-0.15, -0.1) is 0 Å². The Hall–Kier alpha value is -0.620. The third-order valence-corrected chi connectivity index (χ3v) is 3.95. The number of methoxy groups -OCH3 is 1. The fraction of sp³-hybridized carbons (Fsp3) is 0.600. The van der Waals surface area contributed by atoms with Crippen LogP contribution >= 0.6 is 15.9 Å². The van der Waals surface area contributed by atoms with E-state index in [4.69, 9.17) is 9.47 Å². The molecule has 0 radical (unpaired) electrons. The molecular weight excluding hydrogens is 320 g/mol. The van der Waals surface area contributed by atoms with Gasteiger partial charge in [0, 0.05) is 42.9 Å². The summed E-state index contributed by atoms with van der Waals surface area (Å²) in [5, 5.41) is 3.50. The third kappa shape index (κ3) is 4.45. The molecule has 4 nitrogen and oxygen atoms in total. The molecule has 1 N–H and O–H groups in total. The quantitative estimate of drug-likeness (QED) is 0.860. The van der Waals surface area contributed by atoms with Gasteiger partial charge in [-0.2, -0.15) is 0 Å². The van der Waals surface area contributed by atoms with Gasteiger partial charge in [-0.05, 0) is 24.6 Å². The normalized spacial score (nSPS) is 17.2. The summed E-state index contributed by atoms with van der Waals surface area (Å²) in [4.78, 5) is 2.40. The minimum absolute atomic E-state index is 0.348. The van der Waals surface area contributed by atoms with E-state index in [2.05, 4.69) is 51.3 Å². The minimum atomic E-state index is 0.348. The standard InChI is InChI=1S/C15H23BrN2O2/c1-12(11-19-2)17-10-13-3-4-14(16)9-15(13)18-5-7-20-8-6-18/h3-4,9,12,17H,5-8,10-11H2,1-2H3/t12-/m0/s1. The third-order valence-electron chi connectivity index (χ3n) is 3.46. The molecule has 112 valence electrons. The lowest BCUT2D eigenvalue weighted by Gasteiger charge is -2.31. The zero-order valence-electron chi connectivity index (χ0n) is 12.2. The summed E-state index contributed by atoms with van der Waals surface area (Å²) in [5.41, 5.74) is 2.61. The predicted octanol–water partition coefficient (Wildman–Crippen LogP) is 2.41. The van der Waals surface area contributed by atoms with Crippen LogP contribution in [0, 0.1) is 0 Å². The van der Waals surface area contributed by atoms with Crippen molar-refractivity contribution < 1.29 is 9.47 Å². The molecule has 1 heterocycles. The zero-order valence-corrected chi connectivity index (χ0v) is 13.8. The van der Waals surface area contributed by atoms with E-state index in [9.17, 15) is 0 Å². The smallest absolute Gasteiger partial charge is 0.0642 e. The first kappa shape index (κ1) is 15.8. The van der Waals surface area contributed by atoms with E-state index in [1.165, 1.54) is 11.3 Å². The summed E-state index contributed by atoms with van der Waals surface area (Å²) in [5.74, 6) is 0. The Morgan fingerprint density at radius 1 is 1.40 bits per heavy atom. The van der Waals surface area contributed by atoms with Crippen LogP contribution in [0.1, 0.15) is 12.5 Å². The average Bonchev–Trinajstić information content (AvgIpc) is 2.47. The van der Waals surface area contributed by atoms with Crippen molar-refractivity contribution in [3.8, 4) is 0 Å². The van der Waals surface area contributed by atoms with Crippen molar-refractivity contribution in [2.75, 3.05) is 44.9 Å². The second-order valence-electron chi connectivity index (χ2n) is 5.11. The molecule has 0 saturated carbocycles. The average molecular weight is 343 g/mol. The lowest BCUT2D eigenvalue weighted by Crippen LogP contribution is -2.37. The number of nitrogens with one attached hydrogen (secondary N) is 1. The molecule has 1 aliphatic rings. The largest absolute Gasteiger partial charge is 0.383 e. The molecule has 0 unspecified atom stereocenters. The maximum absolute atomic E-state index is 5.44. The fourth-order valence-electron chi connectivity index (χ4n) is 2.38. The maximum atomic E-state index is 5.44. The summed E-state index contributed by atoms with van der Waals surface area (Å²) >= 11 is 3.57. The van der Waals surface area contributed by atoms with Gasteiger partial charge in [0.2, 0.25) is 0 Å². The molecule has 1 aromatic rings. The van der Waals surface area contributed by atoms with Gasteiger partial charge in [-0.1, -0.05) is 22.0 Å². The lowest BCUT2D eigenvalue weighted by molar-refractivity contribution is 0.122. The molecule has 1 aliphatic heterocycles. The summed E-state index contributed by atoms with van der Waals surface area (Å²) in [6, 6.07) is 6.83. The van der Waals surface area contributed by atoms with Crippen molar-refractivity contribution in [2.24, 2.45) is 0 Å². The number of hydrogen-bond donors (Lipinski definition) is 1. The van der Waals surface area contributed by atoms with E-state index in [0.717, 1.165) is 43.9 Å². The van der Waals surface area contributed by atoms with Gasteiger partial charge in [0.15, 0.2) is 0 Å². The second-order valence-corrected chi connectivity index (χ2v) is 6.03. The first-order chi connectivity index (χ1) is 9.70. The van der Waals surface area contributed by atoms with Crippen molar-refractivity contribution in [3.63, 3.8) is 0 Å². The zero-order chi connectivity index (χ0) is 14.4. The van der Waals surface area contributed by atoms with Crippen LogP contribution in [-0.2, 0) is 16.0 Å². The van der Waals surface area contributed by atoms with Crippen LogP contribution in [-0.4, -0.2) is 46.1 Å². The molecule has 1 atom stereocenters. The van der Waals surface area contributed by atoms with Crippen LogP contribution in [0.4, 0.5) is 5.69 Å². The molecule has 0 bridgehead atoms. The van der Waals surface area contributed by atoms with Crippen LogP contribution in [0.5, 0.6) is 0 Å². The summed E-state index contributed by atoms with van der Waals surface area (Å²) in [6.07, 6.45) is 0. The van der Waals surface area contributed by atoms with Gasteiger partial charge in [0.1, 0.15) is 0 Å². The number of ether oxygens (including phenoxy) is 2. The molecule has 20 heavy (non-hydrogen) atoms. The van der Waals surface area contributed by atoms with E-state index < -0.39 is 0 Å². The van der Waals surface area contributed by atoms with Gasteiger partial charge < -0.3 is 19.7 Å². The van der Waals surface area contributed by atoms with Crippen LogP contribution in [0.2, 0.25) is 0 Å². The van der Waals surface area contributed by atoms with Crippen molar-refractivity contribution in [3.05, 3.63) is 28.2 Å². The molecule has 2 rings (SSSR count). The van der Waals surface area contributed by atoms with Crippen molar-refractivity contribution in [1.82, 2.24) is 5.32 Å². The molecule has 0 aromatic heterocycles. The van der Waals surface area contributed by atoms with Crippen molar-refractivity contribution in [1.29, 1.82) is 0 Å². The number of anilines is 1. The number of hydrogen-bond acceptors (Lipinski definition) is 4. The predicted molar refractivity (Wildman–Crippen MR) is 85.4 cm³/mol. The lowest BCUT2D eigenvalue weighted by atomic mass is 10.1. The van der Waals surface area contributed by atoms with Gasteiger partial charge in [0.05, 0.1) is 19.8 Å². The summed E-state index contributed by atoms with van der Waals surface area (Å²) in [6.45, 7) is 7.23. The molecule has 0 amide bonds. The highest BCUT2D eigenvalue weighted by Crippen LogP contribution is 2.26. The van der Waals surface area contributed by atoms with E-state index in [1.807, 2.05) is 0 Å². The van der Waals surface area contributed by atoms with Crippen LogP contribution in [0.15, 0.2) is 22.7 Å². The highest BCUT2D eigenvalue weighted by molar-refractivity contribution is 9.10. The Kier molecular flexibility index (Phi) is 6.29. The second kappa shape index (κ2) is 7.98. The monoisotopic (exact) mass is 342 g/mol. The number of nitrogens with zero attached hydrogens (tertiary/aromatic N) is 1. The van der Waals surface area contributed by atoms with E-state index in [1.54, 1.807) is 7.11 Å². The molecular formula is C15H23BrN2O2. The molecule has 0 spiro atoms. The van der Waals surface area contributed by atoms with E-state index in [-0.39, 0.29) is 0 Å². The number of halogens is 1. The van der Waals surface area contributed by atoms with Crippen molar-refractivity contribution >= 4 is 21.6 Å². The molecule has 1 saturated heterocycles. The Balaban J connectivity index is 2.06. The van der Waals surface area contributed by atoms with Gasteiger partial charge in [-0.3, -0.25) is 0 Å². The Bertz CT molecular complexity index is 422. The highest BCUT2D eigenvalue weighted by atomic mass is 79.9. The van der Waals surface area contributed by atoms with E-state index in [0.29, 0.717) is 6.04 Å². The molecule has 0 aliphatic carbocycles. The summed E-state index contributed by atoms with van der Waals surface area (Å²) in [7, 11) is 1.73. The SMILES string of the molecule is COC[C@H](C)NCc1ccc(Br)cc1N1CCOCC1.